The maximum Gasteiger partial charge on any atom is 0.255 e. The van der Waals surface area contributed by atoms with E-state index in [4.69, 9.17) is 4.98 Å². The lowest BCUT2D eigenvalue weighted by Gasteiger charge is -2.17. The smallest absolute Gasteiger partial charge is 0.255 e. The van der Waals surface area contributed by atoms with Crippen LogP contribution in [0.1, 0.15) is 22.4 Å². The second-order valence-corrected chi connectivity index (χ2v) is 5.69. The SMILES string of the molecule is O=c1[nH]c(N2Cc3ccccc3C2)nc2c1CCNCC2. The number of hydrogen-bond acceptors (Lipinski definition) is 4. The zero-order valence-corrected chi connectivity index (χ0v) is 11.9. The average Bonchev–Trinajstić information content (AvgIpc) is 2.78. The maximum absolute atomic E-state index is 12.3. The minimum atomic E-state index is 0.0228. The van der Waals surface area contributed by atoms with E-state index >= 15 is 0 Å². The van der Waals surface area contributed by atoms with Gasteiger partial charge in [-0.25, -0.2) is 4.98 Å². The molecule has 0 fully saturated rings. The van der Waals surface area contributed by atoms with Gasteiger partial charge < -0.3 is 10.2 Å². The van der Waals surface area contributed by atoms with E-state index in [-0.39, 0.29) is 5.56 Å². The number of benzene rings is 1. The molecule has 2 N–H and O–H groups in total. The molecule has 4 rings (SSSR count). The van der Waals surface area contributed by atoms with Crippen LogP contribution in [0.25, 0.3) is 0 Å². The summed E-state index contributed by atoms with van der Waals surface area (Å²) >= 11 is 0. The van der Waals surface area contributed by atoms with Crippen molar-refractivity contribution in [2.75, 3.05) is 18.0 Å². The Balaban J connectivity index is 1.70. The first-order valence-corrected chi connectivity index (χ1v) is 7.46. The second-order valence-electron chi connectivity index (χ2n) is 5.69. The van der Waals surface area contributed by atoms with Crippen molar-refractivity contribution in [3.8, 4) is 0 Å². The van der Waals surface area contributed by atoms with Crippen LogP contribution in [0.3, 0.4) is 0 Å². The van der Waals surface area contributed by atoms with Crippen molar-refractivity contribution in [2.45, 2.75) is 25.9 Å². The van der Waals surface area contributed by atoms with Gasteiger partial charge in [-0.05, 0) is 24.1 Å². The van der Waals surface area contributed by atoms with Crippen molar-refractivity contribution in [1.29, 1.82) is 0 Å². The molecule has 3 heterocycles. The van der Waals surface area contributed by atoms with Gasteiger partial charge in [-0.15, -0.1) is 0 Å². The third-order valence-electron chi connectivity index (χ3n) is 4.32. The van der Waals surface area contributed by atoms with Gasteiger partial charge in [0.2, 0.25) is 5.95 Å². The summed E-state index contributed by atoms with van der Waals surface area (Å²) in [5, 5.41) is 3.32. The fraction of sp³-hybridized carbons (Fsp3) is 0.375. The molecule has 5 nitrogen and oxygen atoms in total. The van der Waals surface area contributed by atoms with Gasteiger partial charge in [0, 0.05) is 31.6 Å². The zero-order valence-electron chi connectivity index (χ0n) is 11.9. The van der Waals surface area contributed by atoms with Crippen molar-refractivity contribution >= 4 is 5.95 Å². The fourth-order valence-corrected chi connectivity index (χ4v) is 3.17. The number of nitrogens with one attached hydrogen (secondary N) is 2. The molecule has 0 aliphatic carbocycles. The number of H-pyrrole nitrogens is 1. The largest absolute Gasteiger partial charge is 0.334 e. The number of rotatable bonds is 1. The van der Waals surface area contributed by atoms with E-state index < -0.39 is 0 Å². The molecular weight excluding hydrogens is 264 g/mol. The average molecular weight is 282 g/mol. The van der Waals surface area contributed by atoms with Gasteiger partial charge in [-0.3, -0.25) is 9.78 Å². The predicted octanol–water partition coefficient (Wildman–Crippen LogP) is 0.978. The highest BCUT2D eigenvalue weighted by atomic mass is 16.1. The van der Waals surface area contributed by atoms with E-state index in [1.165, 1.54) is 11.1 Å². The van der Waals surface area contributed by atoms with Crippen molar-refractivity contribution in [3.63, 3.8) is 0 Å². The van der Waals surface area contributed by atoms with Gasteiger partial charge in [0.15, 0.2) is 0 Å². The molecule has 2 aromatic rings. The first kappa shape index (κ1) is 12.6. The standard InChI is InChI=1S/C16H18N4O/c21-15-13-5-7-17-8-6-14(13)18-16(19-15)20-9-11-3-1-2-4-12(11)10-20/h1-4,17H,5-10H2,(H,18,19,21). The van der Waals surface area contributed by atoms with Crippen molar-refractivity contribution in [3.05, 3.63) is 57.0 Å². The quantitative estimate of drug-likeness (QED) is 0.818. The van der Waals surface area contributed by atoms with Crippen molar-refractivity contribution < 1.29 is 0 Å². The van der Waals surface area contributed by atoms with Crippen molar-refractivity contribution in [1.82, 2.24) is 15.3 Å². The molecule has 0 bridgehead atoms. The van der Waals surface area contributed by atoms with Gasteiger partial charge in [0.05, 0.1) is 5.69 Å². The fourth-order valence-electron chi connectivity index (χ4n) is 3.17. The van der Waals surface area contributed by atoms with E-state index in [1.807, 2.05) is 0 Å². The van der Waals surface area contributed by atoms with Gasteiger partial charge >= 0.3 is 0 Å². The highest BCUT2D eigenvalue weighted by Gasteiger charge is 2.22. The van der Waals surface area contributed by atoms with Crippen LogP contribution in [-0.4, -0.2) is 23.1 Å². The topological polar surface area (TPSA) is 61.0 Å². The van der Waals surface area contributed by atoms with E-state index in [2.05, 4.69) is 39.5 Å². The molecular formula is C16H18N4O. The molecule has 0 spiro atoms. The van der Waals surface area contributed by atoms with Crippen LogP contribution in [-0.2, 0) is 25.9 Å². The van der Waals surface area contributed by atoms with E-state index in [0.29, 0.717) is 5.95 Å². The van der Waals surface area contributed by atoms with E-state index in [1.54, 1.807) is 0 Å². The molecule has 5 heteroatoms. The Bertz CT molecular complexity index is 712. The molecule has 108 valence electrons. The Morgan fingerprint density at radius 2 is 1.76 bits per heavy atom. The molecule has 1 aromatic heterocycles. The third-order valence-corrected chi connectivity index (χ3v) is 4.32. The van der Waals surface area contributed by atoms with Gasteiger partial charge in [-0.1, -0.05) is 24.3 Å². The summed E-state index contributed by atoms with van der Waals surface area (Å²) in [6.45, 7) is 3.38. The maximum atomic E-state index is 12.3. The van der Waals surface area contributed by atoms with Gasteiger partial charge in [-0.2, -0.15) is 0 Å². The van der Waals surface area contributed by atoms with Crippen LogP contribution in [0.2, 0.25) is 0 Å². The molecule has 2 aliphatic heterocycles. The number of anilines is 1. The highest BCUT2D eigenvalue weighted by Crippen LogP contribution is 2.25. The number of nitrogens with zero attached hydrogens (tertiary/aromatic N) is 2. The van der Waals surface area contributed by atoms with Crippen molar-refractivity contribution in [2.24, 2.45) is 0 Å². The van der Waals surface area contributed by atoms with Crippen LogP contribution in [0, 0.1) is 0 Å². The van der Waals surface area contributed by atoms with Gasteiger partial charge in [0.1, 0.15) is 0 Å². The van der Waals surface area contributed by atoms with E-state index in [0.717, 1.165) is 50.3 Å². The molecule has 1 aromatic carbocycles. The Labute approximate surface area is 123 Å². The molecule has 0 unspecified atom stereocenters. The molecule has 0 amide bonds. The summed E-state index contributed by atoms with van der Waals surface area (Å²) in [5.74, 6) is 0.705. The molecule has 2 aliphatic rings. The number of aromatic amines is 1. The molecule has 21 heavy (non-hydrogen) atoms. The highest BCUT2D eigenvalue weighted by molar-refractivity contribution is 5.44. The number of hydrogen-bond donors (Lipinski definition) is 2. The van der Waals surface area contributed by atoms with Gasteiger partial charge in [0.25, 0.3) is 5.56 Å². The first-order chi connectivity index (χ1) is 10.3. The number of aromatic nitrogens is 2. The summed E-state index contributed by atoms with van der Waals surface area (Å²) in [6.07, 6.45) is 1.59. The van der Waals surface area contributed by atoms with Crippen LogP contribution in [0.5, 0.6) is 0 Å². The summed E-state index contributed by atoms with van der Waals surface area (Å²) in [6, 6.07) is 8.39. The monoisotopic (exact) mass is 282 g/mol. The summed E-state index contributed by atoms with van der Waals surface area (Å²) in [4.78, 5) is 22.2. The molecule has 0 atom stereocenters. The van der Waals surface area contributed by atoms with Crippen LogP contribution >= 0.6 is 0 Å². The predicted molar refractivity (Wildman–Crippen MR) is 81.5 cm³/mol. The van der Waals surface area contributed by atoms with Crippen LogP contribution in [0.4, 0.5) is 5.95 Å². The normalized spacial score (nSPS) is 17.2. The molecule has 0 saturated heterocycles. The lowest BCUT2D eigenvalue weighted by molar-refractivity contribution is 0.707. The minimum absolute atomic E-state index is 0.0228. The Morgan fingerprint density at radius 1 is 1.05 bits per heavy atom. The second kappa shape index (κ2) is 5.00. The third kappa shape index (κ3) is 2.23. The Hall–Kier alpha value is -2.14. The molecule has 0 radical (unpaired) electrons. The summed E-state index contributed by atoms with van der Waals surface area (Å²) in [5.41, 5.74) is 4.46. The lowest BCUT2D eigenvalue weighted by atomic mass is 10.1. The lowest BCUT2D eigenvalue weighted by Crippen LogP contribution is -2.25. The number of fused-ring (bicyclic) bond motifs is 2. The van der Waals surface area contributed by atoms with E-state index in [9.17, 15) is 4.79 Å². The summed E-state index contributed by atoms with van der Waals surface area (Å²) in [7, 11) is 0. The Morgan fingerprint density at radius 3 is 2.52 bits per heavy atom. The zero-order chi connectivity index (χ0) is 14.2. The van der Waals surface area contributed by atoms with Crippen LogP contribution in [0.15, 0.2) is 29.1 Å². The minimum Gasteiger partial charge on any atom is -0.334 e. The van der Waals surface area contributed by atoms with Crippen LogP contribution < -0.4 is 15.8 Å². The Kier molecular flexibility index (Phi) is 3.00. The first-order valence-electron chi connectivity index (χ1n) is 7.46. The summed E-state index contributed by atoms with van der Waals surface area (Å²) < 4.78 is 0. The molecule has 0 saturated carbocycles.